The molecule has 1 aromatic carbocycles. The largest absolute Gasteiger partial charge is 0.468 e. The van der Waals surface area contributed by atoms with Gasteiger partial charge in [0.15, 0.2) is 0 Å². The molecule has 8 heteroatoms. The summed E-state index contributed by atoms with van der Waals surface area (Å²) >= 11 is 0. The lowest BCUT2D eigenvalue weighted by atomic mass is 9.60. The van der Waals surface area contributed by atoms with Crippen LogP contribution in [0.4, 0.5) is 4.79 Å². The van der Waals surface area contributed by atoms with Gasteiger partial charge in [0.25, 0.3) is 5.91 Å². The van der Waals surface area contributed by atoms with Gasteiger partial charge in [0, 0.05) is 35.3 Å². The summed E-state index contributed by atoms with van der Waals surface area (Å²) in [5.74, 6) is -0.635. The zero-order valence-corrected chi connectivity index (χ0v) is 19.7. The Labute approximate surface area is 197 Å². The van der Waals surface area contributed by atoms with E-state index in [4.69, 9.17) is 9.47 Å². The molecule has 5 aliphatic rings. The lowest BCUT2D eigenvalue weighted by Crippen LogP contribution is -2.65. The number of methoxy groups -OCH3 is 1. The van der Waals surface area contributed by atoms with Crippen LogP contribution in [0.5, 0.6) is 0 Å². The standard InChI is InChI=1S/C26H29N3O5/c1-14(2)20-13-34-25(32)29(20)23(30)18-10-15-11-26(24(31)33-3)21-17(8-9-28(12-15)22(18)26)16-6-4-5-7-19(16)27-21/h4-7,10,14-15,20,22,27H,8-9,11-13H2,1-3H3/t15-,20-,22+,26-/m1/s1. The van der Waals surface area contributed by atoms with Gasteiger partial charge < -0.3 is 14.5 Å². The molecule has 2 amide bonds. The average Bonchev–Trinajstić information content (AvgIpc) is 3.39. The minimum absolute atomic E-state index is 0.00321. The number of piperidine rings is 1. The third kappa shape index (κ3) is 2.72. The Bertz CT molecular complexity index is 1250. The first-order valence-electron chi connectivity index (χ1n) is 12.0. The Morgan fingerprint density at radius 3 is 2.82 bits per heavy atom. The van der Waals surface area contributed by atoms with Crippen LogP contribution in [0.1, 0.15) is 31.5 Å². The topological polar surface area (TPSA) is 91.9 Å². The quantitative estimate of drug-likeness (QED) is 0.704. The smallest absolute Gasteiger partial charge is 0.417 e. The molecule has 2 fully saturated rings. The number of esters is 1. The van der Waals surface area contributed by atoms with Gasteiger partial charge >= 0.3 is 12.1 Å². The van der Waals surface area contributed by atoms with Crippen LogP contribution in [0.15, 0.2) is 35.9 Å². The summed E-state index contributed by atoms with van der Waals surface area (Å²) in [5.41, 5.74) is 2.40. The van der Waals surface area contributed by atoms with Crippen molar-refractivity contribution in [3.8, 4) is 0 Å². The van der Waals surface area contributed by atoms with Crippen LogP contribution in [-0.2, 0) is 30.9 Å². The number of aromatic nitrogens is 1. The molecular weight excluding hydrogens is 434 g/mol. The van der Waals surface area contributed by atoms with Gasteiger partial charge in [0.1, 0.15) is 12.0 Å². The number of fused-ring (bicyclic) bond motifs is 3. The van der Waals surface area contributed by atoms with Crippen LogP contribution in [0.3, 0.4) is 0 Å². The zero-order chi connectivity index (χ0) is 23.8. The fraction of sp³-hybridized carbons (Fsp3) is 0.500. The third-order valence-corrected chi connectivity index (χ3v) is 8.19. The molecule has 0 spiro atoms. The number of nitrogens with one attached hydrogen (secondary N) is 1. The maximum absolute atomic E-state index is 14.0. The maximum Gasteiger partial charge on any atom is 0.417 e. The van der Waals surface area contributed by atoms with Crippen LogP contribution >= 0.6 is 0 Å². The van der Waals surface area contributed by atoms with Crippen molar-refractivity contribution in [1.82, 2.24) is 14.8 Å². The van der Waals surface area contributed by atoms with Gasteiger partial charge in [-0.3, -0.25) is 14.5 Å². The summed E-state index contributed by atoms with van der Waals surface area (Å²) < 4.78 is 10.7. The molecule has 0 saturated carbocycles. The first kappa shape index (κ1) is 21.4. The minimum atomic E-state index is -1.04. The fourth-order valence-electron chi connectivity index (χ4n) is 6.75. The van der Waals surface area contributed by atoms with E-state index in [1.54, 1.807) is 0 Å². The summed E-state index contributed by atoms with van der Waals surface area (Å²) in [4.78, 5) is 47.3. The maximum atomic E-state index is 14.0. The molecule has 2 aromatic rings. The van der Waals surface area contributed by atoms with Crippen molar-refractivity contribution >= 4 is 28.9 Å². The highest BCUT2D eigenvalue weighted by molar-refractivity contribution is 6.06. The Morgan fingerprint density at radius 2 is 2.06 bits per heavy atom. The second kappa shape index (κ2) is 7.43. The Kier molecular flexibility index (Phi) is 4.68. The number of nitrogens with zero attached hydrogens (tertiary/aromatic N) is 2. The predicted octanol–water partition coefficient (Wildman–Crippen LogP) is 2.77. The van der Waals surface area contributed by atoms with E-state index >= 15 is 0 Å². The van der Waals surface area contributed by atoms with Gasteiger partial charge in [-0.05, 0) is 36.3 Å². The number of H-pyrrole nitrogens is 1. The van der Waals surface area contributed by atoms with E-state index in [1.807, 2.05) is 38.1 Å². The van der Waals surface area contributed by atoms with Crippen LogP contribution in [0.2, 0.25) is 0 Å². The molecule has 34 heavy (non-hydrogen) atoms. The summed E-state index contributed by atoms with van der Waals surface area (Å²) in [6.45, 7) is 5.65. The SMILES string of the molecule is COC(=O)[C@@]12C[C@H]3C=C(C(=O)N4C(=O)OC[C@@H]4C(C)C)[C@@H]1N(CCc1c2[nH]c2ccccc12)C3. The van der Waals surface area contributed by atoms with Crippen LogP contribution in [0.25, 0.3) is 10.9 Å². The number of benzene rings is 1. The third-order valence-electron chi connectivity index (χ3n) is 8.19. The number of cyclic esters (lactones) is 1. The molecule has 1 aromatic heterocycles. The summed E-state index contributed by atoms with van der Waals surface area (Å²) in [6.07, 6.45) is 2.71. The summed E-state index contributed by atoms with van der Waals surface area (Å²) in [7, 11) is 1.41. The molecule has 1 aliphatic carbocycles. The molecule has 5 atom stereocenters. The van der Waals surface area contributed by atoms with Crippen molar-refractivity contribution < 1.29 is 23.9 Å². The van der Waals surface area contributed by atoms with Gasteiger partial charge in [0.2, 0.25) is 0 Å². The number of hydrogen-bond donors (Lipinski definition) is 1. The zero-order valence-electron chi connectivity index (χ0n) is 19.7. The molecule has 4 bridgehead atoms. The normalized spacial score (nSPS) is 31.8. The van der Waals surface area contributed by atoms with Gasteiger partial charge in [0.05, 0.1) is 19.2 Å². The number of amides is 2. The average molecular weight is 464 g/mol. The first-order chi connectivity index (χ1) is 16.4. The van der Waals surface area contributed by atoms with Crippen LogP contribution < -0.4 is 0 Å². The number of aromatic amines is 1. The molecule has 178 valence electrons. The molecule has 5 heterocycles. The van der Waals surface area contributed by atoms with Crippen molar-refractivity contribution in [1.29, 1.82) is 0 Å². The number of imide groups is 1. The molecule has 4 aliphatic heterocycles. The molecular formula is C26H29N3O5. The lowest BCUT2D eigenvalue weighted by Gasteiger charge is -2.53. The Morgan fingerprint density at radius 1 is 1.26 bits per heavy atom. The number of carbonyl (C=O) groups is 3. The van der Waals surface area contributed by atoms with E-state index in [1.165, 1.54) is 12.0 Å². The van der Waals surface area contributed by atoms with Gasteiger partial charge in [-0.25, -0.2) is 9.69 Å². The monoisotopic (exact) mass is 463 g/mol. The second-order valence-electron chi connectivity index (χ2n) is 10.3. The van der Waals surface area contributed by atoms with Crippen molar-refractivity contribution in [2.45, 2.75) is 44.2 Å². The van der Waals surface area contributed by atoms with Crippen LogP contribution in [0, 0.1) is 11.8 Å². The highest BCUT2D eigenvalue weighted by Gasteiger charge is 2.62. The minimum Gasteiger partial charge on any atom is -0.468 e. The van der Waals surface area contributed by atoms with Crippen molar-refractivity contribution in [2.24, 2.45) is 11.8 Å². The van der Waals surface area contributed by atoms with Gasteiger partial charge in [-0.15, -0.1) is 0 Å². The van der Waals surface area contributed by atoms with E-state index in [9.17, 15) is 14.4 Å². The predicted molar refractivity (Wildman–Crippen MR) is 124 cm³/mol. The number of carbonyl (C=O) groups excluding carboxylic acids is 3. The summed E-state index contributed by atoms with van der Waals surface area (Å²) in [6, 6.07) is 7.24. The van der Waals surface area contributed by atoms with Crippen molar-refractivity contribution in [3.63, 3.8) is 0 Å². The molecule has 2 saturated heterocycles. The fourth-order valence-corrected chi connectivity index (χ4v) is 6.75. The van der Waals surface area contributed by atoms with E-state index in [0.29, 0.717) is 12.0 Å². The van der Waals surface area contributed by atoms with Crippen molar-refractivity contribution in [2.75, 3.05) is 26.8 Å². The molecule has 1 N–H and O–H groups in total. The van der Waals surface area contributed by atoms with E-state index < -0.39 is 17.6 Å². The van der Waals surface area contributed by atoms with Gasteiger partial charge in [-0.1, -0.05) is 38.1 Å². The van der Waals surface area contributed by atoms with E-state index in [2.05, 4.69) is 16.0 Å². The lowest BCUT2D eigenvalue weighted by molar-refractivity contribution is -0.154. The molecule has 7 rings (SSSR count). The summed E-state index contributed by atoms with van der Waals surface area (Å²) in [5, 5.41) is 1.10. The highest BCUT2D eigenvalue weighted by Crippen LogP contribution is 2.53. The number of para-hydroxylation sites is 1. The molecule has 0 radical (unpaired) electrons. The number of hydrogen-bond acceptors (Lipinski definition) is 6. The number of rotatable bonds is 3. The van der Waals surface area contributed by atoms with E-state index in [-0.39, 0.29) is 36.4 Å². The van der Waals surface area contributed by atoms with Crippen LogP contribution in [-0.4, -0.2) is 71.6 Å². The molecule has 1 unspecified atom stereocenters. The number of ether oxygens (including phenoxy) is 2. The van der Waals surface area contributed by atoms with E-state index in [0.717, 1.165) is 41.7 Å². The molecule has 8 nitrogen and oxygen atoms in total. The van der Waals surface area contributed by atoms with Crippen molar-refractivity contribution in [3.05, 3.63) is 47.2 Å². The first-order valence-corrected chi connectivity index (χ1v) is 12.0. The second-order valence-corrected chi connectivity index (χ2v) is 10.3. The van der Waals surface area contributed by atoms with Gasteiger partial charge in [-0.2, -0.15) is 0 Å². The Hall–Kier alpha value is -3.13. The Balaban J connectivity index is 1.53. The highest BCUT2D eigenvalue weighted by atomic mass is 16.6.